The van der Waals surface area contributed by atoms with Gasteiger partial charge < -0.3 is 20.3 Å². The first-order valence-corrected chi connectivity index (χ1v) is 6.90. The maximum absolute atomic E-state index is 12.0. The summed E-state index contributed by atoms with van der Waals surface area (Å²) in [5.74, 6) is 0.526. The van der Waals surface area contributed by atoms with Crippen molar-refractivity contribution in [3.05, 3.63) is 48.2 Å². The molecule has 0 atom stereocenters. The van der Waals surface area contributed by atoms with Crippen LogP contribution >= 0.6 is 0 Å². The Labute approximate surface area is 130 Å². The normalized spacial score (nSPS) is 9.95. The number of ether oxygens (including phenoxy) is 1. The molecule has 2 rings (SSSR count). The van der Waals surface area contributed by atoms with Crippen LogP contribution in [0.2, 0.25) is 0 Å². The van der Waals surface area contributed by atoms with Gasteiger partial charge in [0.1, 0.15) is 0 Å². The summed E-state index contributed by atoms with van der Waals surface area (Å²) in [6, 6.07) is 11.0. The minimum Gasteiger partial charge on any atom is -0.481 e. The number of para-hydroxylation sites is 2. The van der Waals surface area contributed by atoms with E-state index in [0.717, 1.165) is 16.9 Å². The van der Waals surface area contributed by atoms with Crippen LogP contribution in [-0.2, 0) is 6.54 Å². The van der Waals surface area contributed by atoms with Crippen LogP contribution in [0.1, 0.15) is 5.56 Å². The number of nitrogens with one attached hydrogen (secondary N) is 2. The van der Waals surface area contributed by atoms with Gasteiger partial charge in [0.15, 0.2) is 0 Å². The summed E-state index contributed by atoms with van der Waals surface area (Å²) < 4.78 is 5.05. The number of carbonyl (C=O) groups is 1. The second-order valence-corrected chi connectivity index (χ2v) is 4.93. The summed E-state index contributed by atoms with van der Waals surface area (Å²) in [6.07, 6.45) is 1.65. The first kappa shape index (κ1) is 15.6. The maximum Gasteiger partial charge on any atom is 0.319 e. The molecule has 2 amide bonds. The van der Waals surface area contributed by atoms with Crippen molar-refractivity contribution < 1.29 is 9.53 Å². The number of nitrogens with zero attached hydrogens (tertiary/aromatic N) is 2. The molecule has 0 aliphatic heterocycles. The van der Waals surface area contributed by atoms with Crippen molar-refractivity contribution in [2.24, 2.45) is 0 Å². The molecule has 0 spiro atoms. The molecular weight excluding hydrogens is 280 g/mol. The molecule has 116 valence electrons. The van der Waals surface area contributed by atoms with Gasteiger partial charge in [-0.2, -0.15) is 0 Å². The van der Waals surface area contributed by atoms with Crippen molar-refractivity contribution in [2.75, 3.05) is 31.4 Å². The lowest BCUT2D eigenvalue weighted by molar-refractivity contribution is 0.251. The van der Waals surface area contributed by atoms with Crippen molar-refractivity contribution in [1.29, 1.82) is 0 Å². The monoisotopic (exact) mass is 300 g/mol. The molecule has 0 unspecified atom stereocenters. The predicted molar refractivity (Wildman–Crippen MR) is 87.4 cm³/mol. The van der Waals surface area contributed by atoms with Crippen LogP contribution in [0.15, 0.2) is 42.6 Å². The SMILES string of the molecule is COc1cc(CNC(=O)Nc2ccccc2N(C)C)ccn1. The number of hydrogen-bond acceptors (Lipinski definition) is 4. The molecule has 1 heterocycles. The molecular formula is C16H20N4O2. The van der Waals surface area contributed by atoms with Gasteiger partial charge in [-0.05, 0) is 23.8 Å². The summed E-state index contributed by atoms with van der Waals surface area (Å²) in [4.78, 5) is 18.0. The van der Waals surface area contributed by atoms with E-state index in [0.29, 0.717) is 12.4 Å². The lowest BCUT2D eigenvalue weighted by atomic mass is 10.2. The molecule has 0 fully saturated rings. The smallest absolute Gasteiger partial charge is 0.319 e. The Morgan fingerprint density at radius 2 is 2.05 bits per heavy atom. The van der Waals surface area contributed by atoms with E-state index in [-0.39, 0.29) is 6.03 Å². The summed E-state index contributed by atoms with van der Waals surface area (Å²) >= 11 is 0. The molecule has 0 aliphatic carbocycles. The fourth-order valence-electron chi connectivity index (χ4n) is 1.99. The second-order valence-electron chi connectivity index (χ2n) is 4.93. The number of amides is 2. The van der Waals surface area contributed by atoms with Gasteiger partial charge >= 0.3 is 6.03 Å². The van der Waals surface area contributed by atoms with Crippen LogP contribution in [0.5, 0.6) is 5.88 Å². The minimum absolute atomic E-state index is 0.259. The number of anilines is 2. The first-order chi connectivity index (χ1) is 10.6. The number of urea groups is 1. The molecule has 1 aromatic carbocycles. The summed E-state index contributed by atoms with van der Waals surface area (Å²) in [5, 5.41) is 5.67. The van der Waals surface area contributed by atoms with E-state index < -0.39 is 0 Å². The third-order valence-corrected chi connectivity index (χ3v) is 3.10. The van der Waals surface area contributed by atoms with Crippen LogP contribution in [-0.4, -0.2) is 32.2 Å². The van der Waals surface area contributed by atoms with Crippen LogP contribution in [0.3, 0.4) is 0 Å². The van der Waals surface area contributed by atoms with E-state index in [1.807, 2.05) is 49.3 Å². The van der Waals surface area contributed by atoms with Gasteiger partial charge in [-0.25, -0.2) is 9.78 Å². The highest BCUT2D eigenvalue weighted by atomic mass is 16.5. The third-order valence-electron chi connectivity index (χ3n) is 3.10. The molecule has 6 nitrogen and oxygen atoms in total. The number of carbonyl (C=O) groups excluding carboxylic acids is 1. The fourth-order valence-corrected chi connectivity index (χ4v) is 1.99. The van der Waals surface area contributed by atoms with E-state index in [2.05, 4.69) is 15.6 Å². The van der Waals surface area contributed by atoms with E-state index in [1.54, 1.807) is 19.4 Å². The van der Waals surface area contributed by atoms with Crippen molar-refractivity contribution in [3.63, 3.8) is 0 Å². The largest absolute Gasteiger partial charge is 0.481 e. The number of pyridine rings is 1. The van der Waals surface area contributed by atoms with Gasteiger partial charge in [-0.3, -0.25) is 0 Å². The third kappa shape index (κ3) is 4.12. The average Bonchev–Trinajstić information content (AvgIpc) is 2.53. The Bertz CT molecular complexity index is 644. The Hall–Kier alpha value is -2.76. The van der Waals surface area contributed by atoms with Crippen LogP contribution in [0.25, 0.3) is 0 Å². The van der Waals surface area contributed by atoms with Crippen LogP contribution in [0.4, 0.5) is 16.2 Å². The lowest BCUT2D eigenvalue weighted by Crippen LogP contribution is -2.29. The molecule has 22 heavy (non-hydrogen) atoms. The quantitative estimate of drug-likeness (QED) is 0.890. The fraction of sp³-hybridized carbons (Fsp3) is 0.250. The van der Waals surface area contributed by atoms with E-state index in [1.165, 1.54) is 0 Å². The molecule has 2 N–H and O–H groups in total. The molecule has 0 bridgehead atoms. The van der Waals surface area contributed by atoms with E-state index >= 15 is 0 Å². The molecule has 0 aliphatic rings. The lowest BCUT2D eigenvalue weighted by Gasteiger charge is -2.18. The van der Waals surface area contributed by atoms with Crippen LogP contribution < -0.4 is 20.3 Å². The Morgan fingerprint density at radius 3 is 2.77 bits per heavy atom. The second kappa shape index (κ2) is 7.31. The van der Waals surface area contributed by atoms with E-state index in [9.17, 15) is 4.79 Å². The summed E-state index contributed by atoms with van der Waals surface area (Å²) in [6.45, 7) is 0.398. The Morgan fingerprint density at radius 1 is 1.27 bits per heavy atom. The zero-order valence-corrected chi connectivity index (χ0v) is 13.0. The minimum atomic E-state index is -0.259. The highest BCUT2D eigenvalue weighted by molar-refractivity contribution is 5.93. The van der Waals surface area contributed by atoms with Crippen molar-refractivity contribution in [1.82, 2.24) is 10.3 Å². The molecule has 0 saturated heterocycles. The highest BCUT2D eigenvalue weighted by Crippen LogP contribution is 2.23. The molecule has 6 heteroatoms. The van der Waals surface area contributed by atoms with Gasteiger partial charge in [0, 0.05) is 32.9 Å². The summed E-state index contributed by atoms with van der Waals surface area (Å²) in [5.41, 5.74) is 2.63. The number of rotatable bonds is 5. The zero-order valence-electron chi connectivity index (χ0n) is 13.0. The average molecular weight is 300 g/mol. The standard InChI is InChI=1S/C16H20N4O2/c1-20(2)14-7-5-4-6-13(14)19-16(21)18-11-12-8-9-17-15(10-12)22-3/h4-10H,11H2,1-3H3,(H2,18,19,21). The Kier molecular flexibility index (Phi) is 5.19. The number of hydrogen-bond donors (Lipinski definition) is 2. The number of methoxy groups -OCH3 is 1. The Balaban J connectivity index is 1.96. The van der Waals surface area contributed by atoms with Crippen molar-refractivity contribution in [2.45, 2.75) is 6.54 Å². The number of aromatic nitrogens is 1. The van der Waals surface area contributed by atoms with Crippen LogP contribution in [0, 0.1) is 0 Å². The molecule has 0 saturated carbocycles. The van der Waals surface area contributed by atoms with Gasteiger partial charge in [0.05, 0.1) is 18.5 Å². The molecule has 2 aromatic rings. The van der Waals surface area contributed by atoms with Gasteiger partial charge in [0.2, 0.25) is 5.88 Å². The highest BCUT2D eigenvalue weighted by Gasteiger charge is 2.07. The van der Waals surface area contributed by atoms with Gasteiger partial charge in [0.25, 0.3) is 0 Å². The zero-order chi connectivity index (χ0) is 15.9. The van der Waals surface area contributed by atoms with Gasteiger partial charge in [-0.1, -0.05) is 12.1 Å². The van der Waals surface area contributed by atoms with Gasteiger partial charge in [-0.15, -0.1) is 0 Å². The van der Waals surface area contributed by atoms with E-state index in [4.69, 9.17) is 4.74 Å². The predicted octanol–water partition coefficient (Wildman–Crippen LogP) is 2.48. The maximum atomic E-state index is 12.0. The summed E-state index contributed by atoms with van der Waals surface area (Å²) in [7, 11) is 5.42. The first-order valence-electron chi connectivity index (χ1n) is 6.90. The molecule has 1 aromatic heterocycles. The topological polar surface area (TPSA) is 66.5 Å². The molecule has 0 radical (unpaired) electrons. The van der Waals surface area contributed by atoms with Crippen molar-refractivity contribution >= 4 is 17.4 Å². The number of benzene rings is 1. The van der Waals surface area contributed by atoms with Crippen molar-refractivity contribution in [3.8, 4) is 5.88 Å².